The van der Waals surface area contributed by atoms with Crippen molar-refractivity contribution in [2.45, 2.75) is 229 Å². The first kappa shape index (κ1) is 64.0. The van der Waals surface area contributed by atoms with E-state index in [-0.39, 0.29) is 60.3 Å². The van der Waals surface area contributed by atoms with Gasteiger partial charge in [0.05, 0.1) is 34.9 Å². The minimum absolute atomic E-state index is 0.0728. The molecule has 8 fully saturated rings. The number of piperidine rings is 4. The molecule has 480 valence electrons. The summed E-state index contributed by atoms with van der Waals surface area (Å²) in [5.41, 5.74) is 3.88. The number of fused-ring (bicyclic) bond motifs is 10. The standard InChI is InChI=1S/2C35H51N5O4/c1-23-16-24-18-25(17-23)20-28(19-24)39-26-8-6-9-27(39)22-29(21-26)40-32-11-5-4-10-30(32)36-34(35(40)43)31(12-13-33(41)42)37-44-15-7-14-38(2)3;1-4-23-16-24-18-25(17-23)20-28(19-24)39-26-8-7-9-27(39)22-29(21-26)40-32-11-6-5-10-30(32)36-34(35(40)43)31(12-13-33(41)42)37-44-15-14-38(2)3/h4-5,10-11,23-29H,6-9,12-22H2,1-3H3,(H,41,42);5-6,10-11,23-29H,4,7-9,12-22H2,1-3H3,(H,41,42)/b2*37-31+/t2*23?,24?,25?,26-,27+,28?,29?. The van der Waals surface area contributed by atoms with Crippen molar-refractivity contribution in [2.24, 2.45) is 45.8 Å². The molecule has 6 unspecified atom stereocenters. The maximum atomic E-state index is 14.4. The minimum Gasteiger partial charge on any atom is -0.481 e. The lowest BCUT2D eigenvalue weighted by Gasteiger charge is -2.56. The number of oxime groups is 2. The molecule has 4 aliphatic carbocycles. The van der Waals surface area contributed by atoms with E-state index in [1.54, 1.807) is 0 Å². The number of aliphatic carboxylic acids is 2. The molecule has 8 bridgehead atoms. The number of benzene rings is 2. The predicted octanol–water partition coefficient (Wildman–Crippen LogP) is 11.4. The lowest BCUT2D eigenvalue weighted by atomic mass is 9.64. The Labute approximate surface area is 521 Å². The van der Waals surface area contributed by atoms with Gasteiger partial charge in [-0.3, -0.25) is 29.0 Å². The summed E-state index contributed by atoms with van der Waals surface area (Å²) in [5, 5.41) is 27.5. The van der Waals surface area contributed by atoms with Crippen LogP contribution in [0.2, 0.25) is 0 Å². The van der Waals surface area contributed by atoms with Crippen molar-refractivity contribution in [3.05, 3.63) is 80.6 Å². The zero-order valence-corrected chi connectivity index (χ0v) is 53.7. The van der Waals surface area contributed by atoms with Gasteiger partial charge in [-0.1, -0.05) is 67.7 Å². The average molecular weight is 1210 g/mol. The summed E-state index contributed by atoms with van der Waals surface area (Å²) in [5.74, 6) is 3.44. The zero-order chi connectivity index (χ0) is 61.6. The van der Waals surface area contributed by atoms with Crippen molar-refractivity contribution in [3.8, 4) is 0 Å². The Bertz CT molecular complexity index is 3170. The molecule has 4 aromatic rings. The normalized spacial score (nSPS) is 30.9. The molecule has 88 heavy (non-hydrogen) atoms. The molecule has 4 saturated carbocycles. The molecular formula is C70H102N10O8. The van der Waals surface area contributed by atoms with Crippen molar-refractivity contribution in [1.82, 2.24) is 38.7 Å². The van der Waals surface area contributed by atoms with Gasteiger partial charge in [0, 0.05) is 74.3 Å². The third-order valence-electron chi connectivity index (χ3n) is 21.8. The molecule has 4 aliphatic heterocycles. The van der Waals surface area contributed by atoms with E-state index in [0.717, 1.165) is 96.2 Å². The van der Waals surface area contributed by atoms with Gasteiger partial charge in [-0.2, -0.15) is 0 Å². The number of carboxylic acid groups (broad SMARTS) is 2. The van der Waals surface area contributed by atoms with E-state index in [2.05, 4.69) is 38.9 Å². The van der Waals surface area contributed by atoms with Crippen LogP contribution in [0.15, 0.2) is 68.4 Å². The summed E-state index contributed by atoms with van der Waals surface area (Å²) >= 11 is 0. The van der Waals surface area contributed by atoms with Crippen LogP contribution in [0, 0.1) is 35.5 Å². The highest BCUT2D eigenvalue weighted by Crippen LogP contribution is 2.51. The number of aromatic nitrogens is 4. The number of para-hydroxylation sites is 4. The van der Waals surface area contributed by atoms with E-state index >= 15 is 0 Å². The van der Waals surface area contributed by atoms with Gasteiger partial charge in [-0.15, -0.1) is 0 Å². The van der Waals surface area contributed by atoms with Crippen molar-refractivity contribution < 1.29 is 29.5 Å². The quantitative estimate of drug-likeness (QED) is 0.0428. The highest BCUT2D eigenvalue weighted by Gasteiger charge is 2.48. The van der Waals surface area contributed by atoms with Gasteiger partial charge in [-0.25, -0.2) is 9.97 Å². The predicted molar refractivity (Wildman–Crippen MR) is 346 cm³/mol. The van der Waals surface area contributed by atoms with E-state index in [9.17, 15) is 29.4 Å². The Kier molecular flexibility index (Phi) is 21.2. The van der Waals surface area contributed by atoms with Crippen molar-refractivity contribution in [3.63, 3.8) is 0 Å². The highest BCUT2D eigenvalue weighted by atomic mass is 16.6. The monoisotopic (exact) mass is 1210 g/mol. The van der Waals surface area contributed by atoms with Crippen LogP contribution in [-0.2, 0) is 19.3 Å². The highest BCUT2D eigenvalue weighted by molar-refractivity contribution is 6.01. The minimum atomic E-state index is -0.940. The Morgan fingerprint density at radius 1 is 0.523 bits per heavy atom. The molecule has 0 radical (unpaired) electrons. The lowest BCUT2D eigenvalue weighted by molar-refractivity contribution is -0.137. The molecule has 2 N–H and O–H groups in total. The van der Waals surface area contributed by atoms with Crippen LogP contribution in [0.3, 0.4) is 0 Å². The molecule has 2 aromatic carbocycles. The van der Waals surface area contributed by atoms with Gasteiger partial charge in [0.1, 0.15) is 24.6 Å². The second-order valence-electron chi connectivity index (χ2n) is 28.9. The number of likely N-dealkylation sites (N-methyl/N-ethyl adjacent to an activating group) is 1. The fraction of sp³-hybridized carbons (Fsp3) is 0.714. The second kappa shape index (κ2) is 29.2. The zero-order valence-electron chi connectivity index (χ0n) is 53.7. The summed E-state index contributed by atoms with van der Waals surface area (Å²) in [7, 11) is 7.90. The Morgan fingerprint density at radius 3 is 1.34 bits per heavy atom. The van der Waals surface area contributed by atoms with Crippen molar-refractivity contribution in [2.75, 3.05) is 54.5 Å². The van der Waals surface area contributed by atoms with Gasteiger partial charge in [-0.05, 0) is 210 Å². The van der Waals surface area contributed by atoms with Crippen molar-refractivity contribution >= 4 is 45.4 Å². The number of rotatable bonds is 22. The van der Waals surface area contributed by atoms with Crippen LogP contribution in [0.1, 0.15) is 204 Å². The second-order valence-corrected chi connectivity index (χ2v) is 28.9. The maximum Gasteiger partial charge on any atom is 0.303 e. The molecule has 0 spiro atoms. The summed E-state index contributed by atoms with van der Waals surface area (Å²) < 4.78 is 3.97. The third kappa shape index (κ3) is 15.1. The summed E-state index contributed by atoms with van der Waals surface area (Å²) in [6.45, 7) is 7.06. The number of carbonyl (C=O) groups is 2. The molecule has 6 heterocycles. The molecule has 12 rings (SSSR count). The molecule has 10 atom stereocenters. The Hall–Kier alpha value is -5.56. The van der Waals surface area contributed by atoms with E-state index in [0.29, 0.717) is 67.4 Å². The SMILES string of the molecule is CC1CC2CC(C1)CC(N1[C@@H]3CCC[C@H]1CC(n1c(=O)c(/C(CCC(=O)O)=N/OCCCN(C)C)nc4ccccc41)C3)C2.CCC1CC2CC(C1)CC(N1[C@@H]3CCC[C@H]1CC(n1c(=O)c(/C(CCC(=O)O)=N/OCCN(C)C)nc4ccccc41)C3)C2. The van der Waals surface area contributed by atoms with Crippen LogP contribution in [-0.4, -0.2) is 163 Å². The van der Waals surface area contributed by atoms with Crippen LogP contribution >= 0.6 is 0 Å². The van der Waals surface area contributed by atoms with Gasteiger partial charge in [0.2, 0.25) is 0 Å². The van der Waals surface area contributed by atoms with E-state index in [1.165, 1.54) is 109 Å². The van der Waals surface area contributed by atoms with Crippen LogP contribution in [0.25, 0.3) is 22.1 Å². The molecular weight excluding hydrogens is 1110 g/mol. The number of hydrogen-bond donors (Lipinski definition) is 2. The van der Waals surface area contributed by atoms with Crippen LogP contribution in [0.5, 0.6) is 0 Å². The summed E-state index contributed by atoms with van der Waals surface area (Å²) in [6.07, 6.45) is 27.1. The van der Waals surface area contributed by atoms with Gasteiger partial charge >= 0.3 is 11.9 Å². The molecule has 8 aliphatic rings. The van der Waals surface area contributed by atoms with Crippen LogP contribution < -0.4 is 11.1 Å². The van der Waals surface area contributed by atoms with E-state index in [4.69, 9.17) is 19.6 Å². The van der Waals surface area contributed by atoms with Gasteiger partial charge in [0.15, 0.2) is 11.4 Å². The number of hydrogen-bond acceptors (Lipinski definition) is 14. The van der Waals surface area contributed by atoms with Crippen LogP contribution in [0.4, 0.5) is 0 Å². The first-order valence-corrected chi connectivity index (χ1v) is 34.3. The maximum absolute atomic E-state index is 14.4. The van der Waals surface area contributed by atoms with Gasteiger partial charge in [0.25, 0.3) is 11.1 Å². The first-order chi connectivity index (χ1) is 42.6. The molecule has 2 aromatic heterocycles. The molecule has 4 saturated heterocycles. The third-order valence-corrected chi connectivity index (χ3v) is 21.8. The fourth-order valence-electron chi connectivity index (χ4n) is 18.5. The molecule has 18 heteroatoms. The largest absolute Gasteiger partial charge is 0.481 e. The van der Waals surface area contributed by atoms with E-state index < -0.39 is 11.9 Å². The number of nitrogens with zero attached hydrogens (tertiary/aromatic N) is 10. The number of carboxylic acids is 2. The molecule has 18 nitrogen and oxygen atoms in total. The lowest BCUT2D eigenvalue weighted by Crippen LogP contribution is -2.59. The Balaban J connectivity index is 0.000000182. The van der Waals surface area contributed by atoms with Gasteiger partial charge < -0.3 is 38.8 Å². The topological polar surface area (TPSA) is 201 Å². The fourth-order valence-corrected chi connectivity index (χ4v) is 18.5. The Morgan fingerprint density at radius 2 is 0.932 bits per heavy atom. The van der Waals surface area contributed by atoms with E-state index in [1.807, 2.05) is 90.8 Å². The summed E-state index contributed by atoms with van der Waals surface area (Å²) in [4.78, 5) is 82.6. The van der Waals surface area contributed by atoms with Crippen molar-refractivity contribution in [1.29, 1.82) is 0 Å². The smallest absolute Gasteiger partial charge is 0.303 e. The molecule has 0 amide bonds. The average Bonchev–Trinajstić information content (AvgIpc) is 1.93. The summed E-state index contributed by atoms with van der Waals surface area (Å²) in [6, 6.07) is 19.2. The first-order valence-electron chi connectivity index (χ1n) is 34.3.